The van der Waals surface area contributed by atoms with Gasteiger partial charge in [-0.3, -0.25) is 14.4 Å². The highest BCUT2D eigenvalue weighted by atomic mass is 16.2. The number of likely N-dealkylation sites (tertiary alicyclic amines) is 1. The van der Waals surface area contributed by atoms with Gasteiger partial charge in [-0.15, -0.1) is 0 Å². The van der Waals surface area contributed by atoms with Crippen LogP contribution in [-0.2, 0) is 4.79 Å². The minimum Gasteiger partial charge on any atom is -0.349 e. The Labute approximate surface area is 111 Å². The Hall–Kier alpha value is -2.17. The van der Waals surface area contributed by atoms with E-state index in [0.717, 1.165) is 19.3 Å². The van der Waals surface area contributed by atoms with E-state index in [0.29, 0.717) is 30.5 Å². The number of hydrogen-bond acceptors (Lipinski definition) is 3. The molecule has 2 amide bonds. The normalized spacial score (nSPS) is 15.9. The van der Waals surface area contributed by atoms with Gasteiger partial charge in [0.25, 0.3) is 5.91 Å². The van der Waals surface area contributed by atoms with Crippen molar-refractivity contribution in [3.05, 3.63) is 35.4 Å². The third-order valence-corrected chi connectivity index (χ3v) is 3.35. The zero-order valence-corrected chi connectivity index (χ0v) is 10.5. The van der Waals surface area contributed by atoms with Crippen LogP contribution in [0.1, 0.15) is 33.6 Å². The maximum absolute atomic E-state index is 12.1. The molecule has 0 unspecified atom stereocenters. The van der Waals surface area contributed by atoms with Crippen molar-refractivity contribution in [2.75, 3.05) is 13.1 Å². The molecule has 5 nitrogen and oxygen atoms in total. The smallest absolute Gasteiger partial charge is 0.252 e. The Morgan fingerprint density at radius 2 is 1.89 bits per heavy atom. The van der Waals surface area contributed by atoms with E-state index in [9.17, 15) is 14.4 Å². The summed E-state index contributed by atoms with van der Waals surface area (Å²) in [5, 5.41) is 2.91. The first-order chi connectivity index (χ1) is 9.24. The van der Waals surface area contributed by atoms with Gasteiger partial charge in [-0.2, -0.15) is 0 Å². The van der Waals surface area contributed by atoms with Gasteiger partial charge in [-0.05, 0) is 18.9 Å². The van der Waals surface area contributed by atoms with Gasteiger partial charge < -0.3 is 10.2 Å². The lowest BCUT2D eigenvalue weighted by atomic mass is 10.0. The van der Waals surface area contributed by atoms with E-state index >= 15 is 0 Å². The summed E-state index contributed by atoms with van der Waals surface area (Å²) in [6, 6.07) is 6.78. The van der Waals surface area contributed by atoms with E-state index in [2.05, 4.69) is 5.32 Å². The molecule has 1 aromatic rings. The van der Waals surface area contributed by atoms with Crippen LogP contribution in [0.3, 0.4) is 0 Å². The molecule has 19 heavy (non-hydrogen) atoms. The lowest BCUT2D eigenvalue weighted by molar-refractivity contribution is -0.119. The number of carbonyl (C=O) groups excluding carboxylic acids is 3. The number of benzene rings is 1. The summed E-state index contributed by atoms with van der Waals surface area (Å²) in [4.78, 5) is 35.3. The number of piperidine rings is 1. The first kappa shape index (κ1) is 13.3. The Kier molecular flexibility index (Phi) is 4.28. The summed E-state index contributed by atoms with van der Waals surface area (Å²) in [6.45, 7) is 1.31. The molecule has 1 aliphatic heterocycles. The summed E-state index contributed by atoms with van der Waals surface area (Å²) in [7, 11) is 0. The fourth-order valence-corrected chi connectivity index (χ4v) is 2.22. The highest BCUT2D eigenvalue weighted by molar-refractivity contribution is 6.01. The van der Waals surface area contributed by atoms with E-state index < -0.39 is 0 Å². The molecule has 0 bridgehead atoms. The largest absolute Gasteiger partial charge is 0.349 e. The third-order valence-electron chi connectivity index (χ3n) is 3.35. The summed E-state index contributed by atoms with van der Waals surface area (Å²) in [6.07, 6.45) is 3.01. The van der Waals surface area contributed by atoms with Crippen molar-refractivity contribution in [2.24, 2.45) is 0 Å². The fourth-order valence-electron chi connectivity index (χ4n) is 2.22. The van der Waals surface area contributed by atoms with Gasteiger partial charge in [-0.25, -0.2) is 0 Å². The maximum atomic E-state index is 12.1. The zero-order chi connectivity index (χ0) is 13.7. The molecular weight excluding hydrogens is 244 g/mol. The molecule has 1 heterocycles. The molecule has 1 aliphatic rings. The number of nitrogens with one attached hydrogen (secondary N) is 1. The molecule has 0 atom stereocenters. The van der Waals surface area contributed by atoms with E-state index in [1.165, 1.54) is 0 Å². The Balaban J connectivity index is 1.98. The first-order valence-electron chi connectivity index (χ1n) is 6.29. The van der Waals surface area contributed by atoms with Crippen molar-refractivity contribution >= 4 is 18.6 Å². The van der Waals surface area contributed by atoms with Crippen LogP contribution in [0.5, 0.6) is 0 Å². The number of rotatable bonds is 4. The zero-order valence-electron chi connectivity index (χ0n) is 10.5. The number of hydrogen-bond donors (Lipinski definition) is 1. The number of aldehydes is 1. The number of carbonyl (C=O) groups is 3. The standard InChI is InChI=1S/C14H16N2O3/c17-9-11-3-1-2-4-13(11)14(19)15-12-5-7-16(10-18)8-6-12/h1-4,9-10,12H,5-8H2,(H,15,19). The van der Waals surface area contributed by atoms with Gasteiger partial charge in [0.2, 0.25) is 6.41 Å². The van der Waals surface area contributed by atoms with Crippen molar-refractivity contribution in [3.8, 4) is 0 Å². The van der Waals surface area contributed by atoms with Gasteiger partial charge in [0.05, 0.1) is 0 Å². The Bertz CT molecular complexity index is 479. The van der Waals surface area contributed by atoms with E-state index in [1.54, 1.807) is 29.2 Å². The molecule has 0 saturated carbocycles. The predicted molar refractivity (Wildman–Crippen MR) is 70.0 cm³/mol. The van der Waals surface area contributed by atoms with Gasteiger partial charge in [0.15, 0.2) is 6.29 Å². The van der Waals surface area contributed by atoms with E-state index in [4.69, 9.17) is 0 Å². The van der Waals surface area contributed by atoms with Crippen molar-refractivity contribution in [2.45, 2.75) is 18.9 Å². The predicted octanol–water partition coefficient (Wildman–Crippen LogP) is 0.850. The molecule has 0 aliphatic carbocycles. The molecule has 0 aromatic heterocycles. The molecule has 0 radical (unpaired) electrons. The summed E-state index contributed by atoms with van der Waals surface area (Å²) < 4.78 is 0. The van der Waals surface area contributed by atoms with Crippen LogP contribution in [0.2, 0.25) is 0 Å². The lowest BCUT2D eigenvalue weighted by Gasteiger charge is -2.29. The lowest BCUT2D eigenvalue weighted by Crippen LogP contribution is -2.44. The second-order valence-corrected chi connectivity index (χ2v) is 4.59. The van der Waals surface area contributed by atoms with Crippen LogP contribution in [0.25, 0.3) is 0 Å². The van der Waals surface area contributed by atoms with Crippen LogP contribution < -0.4 is 5.32 Å². The summed E-state index contributed by atoms with van der Waals surface area (Å²) >= 11 is 0. The molecular formula is C14H16N2O3. The molecule has 1 saturated heterocycles. The highest BCUT2D eigenvalue weighted by Gasteiger charge is 2.21. The van der Waals surface area contributed by atoms with Crippen LogP contribution in [0, 0.1) is 0 Å². The van der Waals surface area contributed by atoms with Gasteiger partial charge >= 0.3 is 0 Å². The second kappa shape index (κ2) is 6.13. The average Bonchev–Trinajstić information content (AvgIpc) is 2.48. The van der Waals surface area contributed by atoms with Crippen molar-refractivity contribution in [3.63, 3.8) is 0 Å². The van der Waals surface area contributed by atoms with Crippen LogP contribution >= 0.6 is 0 Å². The summed E-state index contributed by atoms with van der Waals surface area (Å²) in [5.74, 6) is -0.229. The maximum Gasteiger partial charge on any atom is 0.252 e. The van der Waals surface area contributed by atoms with Crippen molar-refractivity contribution in [1.82, 2.24) is 10.2 Å². The van der Waals surface area contributed by atoms with Gasteiger partial charge in [0.1, 0.15) is 0 Å². The number of amides is 2. The molecule has 1 fully saturated rings. The quantitative estimate of drug-likeness (QED) is 0.816. The second-order valence-electron chi connectivity index (χ2n) is 4.59. The molecule has 0 spiro atoms. The minimum absolute atomic E-state index is 0.0587. The minimum atomic E-state index is -0.229. The first-order valence-corrected chi connectivity index (χ1v) is 6.29. The van der Waals surface area contributed by atoms with Gasteiger partial charge in [0, 0.05) is 30.3 Å². The van der Waals surface area contributed by atoms with Crippen LogP contribution in [-0.4, -0.2) is 42.6 Å². The Morgan fingerprint density at radius 3 is 2.53 bits per heavy atom. The summed E-state index contributed by atoms with van der Waals surface area (Å²) in [5.41, 5.74) is 0.792. The molecule has 1 aromatic carbocycles. The van der Waals surface area contributed by atoms with E-state index in [1.807, 2.05) is 0 Å². The van der Waals surface area contributed by atoms with Crippen molar-refractivity contribution in [1.29, 1.82) is 0 Å². The van der Waals surface area contributed by atoms with Crippen LogP contribution in [0.4, 0.5) is 0 Å². The SMILES string of the molecule is O=Cc1ccccc1C(=O)NC1CCN(C=O)CC1. The molecule has 100 valence electrons. The average molecular weight is 260 g/mol. The topological polar surface area (TPSA) is 66.5 Å². The molecule has 5 heteroatoms. The highest BCUT2D eigenvalue weighted by Crippen LogP contribution is 2.11. The van der Waals surface area contributed by atoms with Crippen molar-refractivity contribution < 1.29 is 14.4 Å². The fraction of sp³-hybridized carbons (Fsp3) is 0.357. The van der Waals surface area contributed by atoms with Crippen LogP contribution in [0.15, 0.2) is 24.3 Å². The molecule has 2 rings (SSSR count). The monoisotopic (exact) mass is 260 g/mol. The number of nitrogens with zero attached hydrogens (tertiary/aromatic N) is 1. The molecule has 1 N–H and O–H groups in total. The third kappa shape index (κ3) is 3.19. The van der Waals surface area contributed by atoms with Gasteiger partial charge in [-0.1, -0.05) is 18.2 Å². The van der Waals surface area contributed by atoms with E-state index in [-0.39, 0.29) is 11.9 Å². The Morgan fingerprint density at radius 1 is 1.21 bits per heavy atom.